The standard InChI is InChI=1S/C26H38N4O4S/c1-19-8-6-9-21(16-19)17-30(15-14-29(3)4)35(31,32)23-11-10-20(2)27-25(23)28-22-18-34-26(12-7-13-26)24(22)33-5/h6,8-11,16,22,24H,7,12-15,17-18H2,1-5H3,(H,27,28)/t22-,24+/m0/s1. The SMILES string of the molecule is CO[C@@H]1[C@@H](Nc2nc(C)ccc2S(=O)(=O)N(CCN(C)C)Cc2cccc(C)c2)COC12CCC2. The molecule has 1 N–H and O–H groups in total. The molecule has 8 nitrogen and oxygen atoms in total. The summed E-state index contributed by atoms with van der Waals surface area (Å²) in [6.07, 6.45) is 2.90. The summed E-state index contributed by atoms with van der Waals surface area (Å²) < 4.78 is 41.6. The van der Waals surface area contributed by atoms with Crippen LogP contribution in [0.5, 0.6) is 0 Å². The van der Waals surface area contributed by atoms with E-state index < -0.39 is 10.0 Å². The van der Waals surface area contributed by atoms with E-state index in [4.69, 9.17) is 9.47 Å². The van der Waals surface area contributed by atoms with Gasteiger partial charge in [-0.25, -0.2) is 13.4 Å². The Morgan fingerprint density at radius 3 is 2.57 bits per heavy atom. The zero-order valence-corrected chi connectivity index (χ0v) is 22.3. The molecule has 1 aliphatic heterocycles. The highest BCUT2D eigenvalue weighted by Crippen LogP contribution is 2.45. The lowest BCUT2D eigenvalue weighted by Crippen LogP contribution is -2.51. The zero-order valence-electron chi connectivity index (χ0n) is 21.5. The summed E-state index contributed by atoms with van der Waals surface area (Å²) in [6, 6.07) is 11.2. The molecule has 2 atom stereocenters. The average molecular weight is 503 g/mol. The van der Waals surface area contributed by atoms with Crippen LogP contribution in [0.1, 0.15) is 36.1 Å². The van der Waals surface area contributed by atoms with Crippen molar-refractivity contribution in [3.8, 4) is 0 Å². The molecule has 0 unspecified atom stereocenters. The number of rotatable bonds is 10. The second kappa shape index (κ2) is 10.5. The number of aryl methyl sites for hydroxylation is 2. The van der Waals surface area contributed by atoms with Crippen LogP contribution in [-0.2, 0) is 26.0 Å². The normalized spacial score (nSPS) is 21.6. The fraction of sp³-hybridized carbons (Fsp3) is 0.577. The Labute approximate surface area is 209 Å². The van der Waals surface area contributed by atoms with Crippen LogP contribution in [-0.4, -0.2) is 81.3 Å². The summed E-state index contributed by atoms with van der Waals surface area (Å²) in [7, 11) is 1.74. The van der Waals surface area contributed by atoms with E-state index in [-0.39, 0.29) is 22.6 Å². The van der Waals surface area contributed by atoms with E-state index in [0.717, 1.165) is 36.1 Å². The van der Waals surface area contributed by atoms with E-state index in [1.54, 1.807) is 23.5 Å². The molecule has 1 spiro atoms. The molecule has 1 aliphatic carbocycles. The van der Waals surface area contributed by atoms with Crippen LogP contribution in [0, 0.1) is 13.8 Å². The average Bonchev–Trinajstić information content (AvgIpc) is 3.15. The molecule has 2 fully saturated rings. The molecule has 9 heteroatoms. The molecular formula is C26H38N4O4S. The van der Waals surface area contributed by atoms with Gasteiger partial charge in [-0.15, -0.1) is 0 Å². The van der Waals surface area contributed by atoms with Crippen LogP contribution < -0.4 is 5.32 Å². The third kappa shape index (κ3) is 5.54. The Bertz CT molecular complexity index is 1130. The number of pyridine rings is 1. The molecule has 4 rings (SSSR count). The smallest absolute Gasteiger partial charge is 0.247 e. The van der Waals surface area contributed by atoms with Crippen molar-refractivity contribution in [2.75, 3.05) is 46.2 Å². The van der Waals surface area contributed by atoms with Crippen LogP contribution in [0.3, 0.4) is 0 Å². The quantitative estimate of drug-likeness (QED) is 0.534. The predicted molar refractivity (Wildman–Crippen MR) is 137 cm³/mol. The molecule has 0 radical (unpaired) electrons. The first-order chi connectivity index (χ1) is 16.6. The summed E-state index contributed by atoms with van der Waals surface area (Å²) in [5.74, 6) is 0.358. The number of nitrogens with zero attached hydrogens (tertiary/aromatic N) is 3. The Morgan fingerprint density at radius 2 is 1.94 bits per heavy atom. The Hall–Kier alpha value is -2.04. The molecule has 1 saturated carbocycles. The molecule has 35 heavy (non-hydrogen) atoms. The van der Waals surface area contributed by atoms with Crippen LogP contribution in [0.2, 0.25) is 0 Å². The van der Waals surface area contributed by atoms with Gasteiger partial charge in [0.15, 0.2) is 0 Å². The van der Waals surface area contributed by atoms with Crippen molar-refractivity contribution in [3.05, 3.63) is 53.2 Å². The molecule has 1 aromatic carbocycles. The van der Waals surface area contributed by atoms with E-state index in [0.29, 0.717) is 32.1 Å². The lowest BCUT2D eigenvalue weighted by molar-refractivity contribution is -0.121. The lowest BCUT2D eigenvalue weighted by Gasteiger charge is -2.42. The van der Waals surface area contributed by atoms with Crippen LogP contribution in [0.15, 0.2) is 41.3 Å². The maximum absolute atomic E-state index is 14.1. The Balaban J connectivity index is 1.65. The number of hydrogen-bond acceptors (Lipinski definition) is 7. The molecule has 0 amide bonds. The van der Waals surface area contributed by atoms with E-state index in [2.05, 4.69) is 10.3 Å². The molecule has 1 aromatic heterocycles. The second-order valence-electron chi connectivity index (χ2n) is 10.1. The Kier molecular flexibility index (Phi) is 7.83. The minimum atomic E-state index is -3.84. The van der Waals surface area contributed by atoms with Gasteiger partial charge in [-0.1, -0.05) is 29.8 Å². The predicted octanol–water partition coefficient (Wildman–Crippen LogP) is 3.20. The lowest BCUT2D eigenvalue weighted by atomic mass is 9.75. The number of aromatic nitrogens is 1. The molecule has 1 saturated heterocycles. The van der Waals surface area contributed by atoms with E-state index in [1.807, 2.05) is 57.1 Å². The van der Waals surface area contributed by atoms with Gasteiger partial charge in [0.1, 0.15) is 16.8 Å². The number of ether oxygens (including phenoxy) is 2. The summed E-state index contributed by atoms with van der Waals surface area (Å²) in [5, 5.41) is 3.40. The minimum absolute atomic E-state index is 0.147. The highest BCUT2D eigenvalue weighted by Gasteiger charge is 2.54. The number of benzene rings is 1. The Morgan fingerprint density at radius 1 is 1.17 bits per heavy atom. The van der Waals surface area contributed by atoms with Crippen molar-refractivity contribution >= 4 is 15.8 Å². The van der Waals surface area contributed by atoms with Crippen molar-refractivity contribution in [1.82, 2.24) is 14.2 Å². The summed E-state index contributed by atoms with van der Waals surface area (Å²) in [6.45, 7) is 5.61. The summed E-state index contributed by atoms with van der Waals surface area (Å²) in [5.41, 5.74) is 2.54. The van der Waals surface area contributed by atoms with E-state index in [1.165, 1.54) is 0 Å². The van der Waals surface area contributed by atoms with Crippen LogP contribution >= 0.6 is 0 Å². The first-order valence-corrected chi connectivity index (χ1v) is 13.7. The fourth-order valence-corrected chi connectivity index (χ4v) is 6.53. The van der Waals surface area contributed by atoms with Gasteiger partial charge in [-0.3, -0.25) is 0 Å². The third-order valence-corrected chi connectivity index (χ3v) is 8.94. The first kappa shape index (κ1) is 26.0. The van der Waals surface area contributed by atoms with Gasteiger partial charge < -0.3 is 19.7 Å². The topological polar surface area (TPSA) is 84.0 Å². The largest absolute Gasteiger partial charge is 0.376 e. The maximum atomic E-state index is 14.1. The van der Waals surface area contributed by atoms with Crippen molar-refractivity contribution in [3.63, 3.8) is 0 Å². The molecule has 2 aromatic rings. The highest BCUT2D eigenvalue weighted by molar-refractivity contribution is 7.89. The summed E-state index contributed by atoms with van der Waals surface area (Å²) in [4.78, 5) is 6.79. The minimum Gasteiger partial charge on any atom is -0.376 e. The molecule has 2 aliphatic rings. The number of methoxy groups -OCH3 is 1. The van der Waals surface area contributed by atoms with Crippen LogP contribution in [0.25, 0.3) is 0 Å². The molecule has 192 valence electrons. The van der Waals surface area contributed by atoms with E-state index in [9.17, 15) is 8.42 Å². The van der Waals surface area contributed by atoms with Gasteiger partial charge in [-0.2, -0.15) is 4.31 Å². The zero-order chi connectivity index (χ0) is 25.2. The van der Waals surface area contributed by atoms with Crippen molar-refractivity contribution in [2.24, 2.45) is 0 Å². The second-order valence-corrected chi connectivity index (χ2v) is 12.0. The molecule has 2 heterocycles. The van der Waals surface area contributed by atoms with E-state index >= 15 is 0 Å². The molecular weight excluding hydrogens is 464 g/mol. The number of nitrogens with one attached hydrogen (secondary N) is 1. The fourth-order valence-electron chi connectivity index (χ4n) is 5.02. The maximum Gasteiger partial charge on any atom is 0.247 e. The number of sulfonamides is 1. The number of anilines is 1. The van der Waals surface area contributed by atoms with Crippen molar-refractivity contribution in [1.29, 1.82) is 0 Å². The van der Waals surface area contributed by atoms with Gasteiger partial charge in [0.25, 0.3) is 0 Å². The monoisotopic (exact) mass is 502 g/mol. The van der Waals surface area contributed by atoms with Gasteiger partial charge in [-0.05, 0) is 64.9 Å². The molecule has 0 bridgehead atoms. The van der Waals surface area contributed by atoms with Crippen molar-refractivity contribution in [2.45, 2.75) is 62.3 Å². The third-order valence-electron chi connectivity index (χ3n) is 7.06. The van der Waals surface area contributed by atoms with Gasteiger partial charge >= 0.3 is 0 Å². The number of likely N-dealkylation sites (N-methyl/N-ethyl adjacent to an activating group) is 1. The van der Waals surface area contributed by atoms with Gasteiger partial charge in [0.05, 0.1) is 18.2 Å². The summed E-state index contributed by atoms with van der Waals surface area (Å²) >= 11 is 0. The first-order valence-electron chi connectivity index (χ1n) is 12.3. The highest BCUT2D eigenvalue weighted by atomic mass is 32.2. The van der Waals surface area contributed by atoms with Gasteiger partial charge in [0, 0.05) is 32.4 Å². The van der Waals surface area contributed by atoms with Crippen molar-refractivity contribution < 1.29 is 17.9 Å². The van der Waals surface area contributed by atoms with Gasteiger partial charge in [0.2, 0.25) is 10.0 Å². The number of hydrogen-bond donors (Lipinski definition) is 1. The van der Waals surface area contributed by atoms with Crippen LogP contribution in [0.4, 0.5) is 5.82 Å².